The molecule has 0 fully saturated rings. The lowest BCUT2D eigenvalue weighted by Crippen LogP contribution is -2.28. The van der Waals surface area contributed by atoms with Crippen LogP contribution in [0.15, 0.2) is 60.5 Å². The molecule has 7 heteroatoms. The van der Waals surface area contributed by atoms with Gasteiger partial charge in [-0.25, -0.2) is 0 Å². The van der Waals surface area contributed by atoms with E-state index in [-0.39, 0.29) is 5.91 Å². The maximum Gasteiger partial charge on any atom is 0.233 e. The summed E-state index contributed by atoms with van der Waals surface area (Å²) >= 11 is 1.39. The van der Waals surface area contributed by atoms with Crippen LogP contribution in [0, 0.1) is 13.8 Å². The largest absolute Gasteiger partial charge is 0.341 e. The summed E-state index contributed by atoms with van der Waals surface area (Å²) in [7, 11) is 1.83. The highest BCUT2D eigenvalue weighted by Crippen LogP contribution is 2.24. The minimum absolute atomic E-state index is 0.0496. The third-order valence-electron chi connectivity index (χ3n) is 4.62. The molecule has 0 unspecified atom stereocenters. The minimum atomic E-state index is 0.0496. The standard InChI is InChI=1S/C22H25N5OS/c1-5-12-27-21(18-8-10-23-11-9-18)24-25-22(27)29-15-20(28)26(4)14-19-7-6-16(2)13-17(19)3/h5-11,13H,1,12,14-15H2,2-4H3. The zero-order chi connectivity index (χ0) is 20.8. The predicted molar refractivity (Wildman–Crippen MR) is 117 cm³/mol. The molecule has 0 aliphatic carbocycles. The molecule has 1 aromatic carbocycles. The van der Waals surface area contributed by atoms with Crippen LogP contribution >= 0.6 is 11.8 Å². The molecule has 0 spiro atoms. The number of hydrogen-bond donors (Lipinski definition) is 0. The van der Waals surface area contributed by atoms with Crippen LogP contribution in [-0.4, -0.2) is 43.4 Å². The second-order valence-electron chi connectivity index (χ2n) is 6.91. The number of amides is 1. The van der Waals surface area contributed by atoms with Crippen molar-refractivity contribution in [3.05, 3.63) is 72.1 Å². The van der Waals surface area contributed by atoms with E-state index in [0.717, 1.165) is 17.0 Å². The lowest BCUT2D eigenvalue weighted by molar-refractivity contribution is -0.127. The van der Waals surface area contributed by atoms with Gasteiger partial charge < -0.3 is 4.90 Å². The van der Waals surface area contributed by atoms with Crippen molar-refractivity contribution >= 4 is 17.7 Å². The van der Waals surface area contributed by atoms with Crippen molar-refractivity contribution in [3.8, 4) is 11.4 Å². The summed E-state index contributed by atoms with van der Waals surface area (Å²) in [6.07, 6.45) is 5.24. The maximum atomic E-state index is 12.7. The fourth-order valence-corrected chi connectivity index (χ4v) is 3.90. The van der Waals surface area contributed by atoms with Crippen LogP contribution in [0.5, 0.6) is 0 Å². The van der Waals surface area contributed by atoms with Crippen molar-refractivity contribution < 1.29 is 4.79 Å². The molecule has 2 heterocycles. The Labute approximate surface area is 175 Å². The lowest BCUT2D eigenvalue weighted by Gasteiger charge is -2.18. The van der Waals surface area contributed by atoms with E-state index in [0.29, 0.717) is 24.0 Å². The molecule has 3 aromatic rings. The van der Waals surface area contributed by atoms with Gasteiger partial charge >= 0.3 is 0 Å². The van der Waals surface area contributed by atoms with Gasteiger partial charge in [-0.2, -0.15) is 0 Å². The maximum absolute atomic E-state index is 12.7. The van der Waals surface area contributed by atoms with Crippen LogP contribution < -0.4 is 0 Å². The van der Waals surface area contributed by atoms with E-state index < -0.39 is 0 Å². The van der Waals surface area contributed by atoms with Crippen molar-refractivity contribution in [1.29, 1.82) is 0 Å². The van der Waals surface area contributed by atoms with Gasteiger partial charge in [0.05, 0.1) is 5.75 Å². The molecule has 1 amide bonds. The Morgan fingerprint density at radius 3 is 2.66 bits per heavy atom. The number of nitrogens with zero attached hydrogens (tertiary/aromatic N) is 5. The third-order valence-corrected chi connectivity index (χ3v) is 5.57. The van der Waals surface area contributed by atoms with Crippen LogP contribution in [0.1, 0.15) is 16.7 Å². The fraction of sp³-hybridized carbons (Fsp3) is 0.273. The summed E-state index contributed by atoms with van der Waals surface area (Å²) in [5, 5.41) is 9.29. The van der Waals surface area contributed by atoms with Gasteiger partial charge in [-0.3, -0.25) is 14.3 Å². The molecule has 0 atom stereocenters. The van der Waals surface area contributed by atoms with Crippen LogP contribution in [0.4, 0.5) is 0 Å². The van der Waals surface area contributed by atoms with Crippen molar-refractivity contribution in [3.63, 3.8) is 0 Å². The molecule has 0 saturated carbocycles. The molecular weight excluding hydrogens is 382 g/mol. The Bertz CT molecular complexity index is 1000. The summed E-state index contributed by atoms with van der Waals surface area (Å²) in [4.78, 5) is 18.5. The molecule has 2 aromatic heterocycles. The smallest absolute Gasteiger partial charge is 0.233 e. The van der Waals surface area contributed by atoms with Gasteiger partial charge in [0, 0.05) is 38.1 Å². The summed E-state index contributed by atoms with van der Waals surface area (Å²) < 4.78 is 1.96. The number of pyridine rings is 1. The number of aromatic nitrogens is 4. The number of thioether (sulfide) groups is 1. The molecule has 0 bridgehead atoms. The van der Waals surface area contributed by atoms with Gasteiger partial charge in [0.1, 0.15) is 0 Å². The molecule has 150 valence electrons. The van der Waals surface area contributed by atoms with Gasteiger partial charge in [-0.1, -0.05) is 41.6 Å². The van der Waals surface area contributed by atoms with Gasteiger partial charge in [0.15, 0.2) is 11.0 Å². The van der Waals surface area contributed by atoms with E-state index in [1.807, 2.05) is 23.7 Å². The average Bonchev–Trinajstić information content (AvgIpc) is 3.11. The van der Waals surface area contributed by atoms with Gasteiger partial charge in [-0.15, -0.1) is 16.8 Å². The number of allylic oxidation sites excluding steroid dienone is 1. The van der Waals surface area contributed by atoms with Gasteiger partial charge in [0.2, 0.25) is 5.91 Å². The second kappa shape index (κ2) is 9.52. The first-order valence-corrected chi connectivity index (χ1v) is 10.4. The van der Waals surface area contributed by atoms with Crippen molar-refractivity contribution in [2.45, 2.75) is 32.1 Å². The van der Waals surface area contributed by atoms with Crippen molar-refractivity contribution in [1.82, 2.24) is 24.6 Å². The number of aryl methyl sites for hydroxylation is 2. The number of carbonyl (C=O) groups is 1. The monoisotopic (exact) mass is 407 g/mol. The Morgan fingerprint density at radius 2 is 1.97 bits per heavy atom. The highest BCUT2D eigenvalue weighted by molar-refractivity contribution is 7.99. The molecule has 0 aliphatic heterocycles. The Kier molecular flexibility index (Phi) is 6.82. The van der Waals surface area contributed by atoms with E-state index in [1.165, 1.54) is 22.9 Å². The highest BCUT2D eigenvalue weighted by atomic mass is 32.2. The molecular formula is C22H25N5OS. The van der Waals surface area contributed by atoms with Crippen LogP contribution in [0.25, 0.3) is 11.4 Å². The average molecular weight is 408 g/mol. The number of carbonyl (C=O) groups excluding carboxylic acids is 1. The van der Waals surface area contributed by atoms with E-state index in [4.69, 9.17) is 0 Å². The lowest BCUT2D eigenvalue weighted by atomic mass is 10.1. The van der Waals surface area contributed by atoms with Crippen molar-refractivity contribution in [2.24, 2.45) is 0 Å². The highest BCUT2D eigenvalue weighted by Gasteiger charge is 2.17. The molecule has 29 heavy (non-hydrogen) atoms. The van der Waals surface area contributed by atoms with E-state index in [2.05, 4.69) is 53.8 Å². The zero-order valence-corrected chi connectivity index (χ0v) is 17.8. The summed E-state index contributed by atoms with van der Waals surface area (Å²) in [5.74, 6) is 1.09. The Balaban J connectivity index is 1.68. The fourth-order valence-electron chi connectivity index (χ4n) is 3.01. The Hall–Kier alpha value is -2.93. The molecule has 0 saturated heterocycles. The summed E-state index contributed by atoms with van der Waals surface area (Å²) in [6, 6.07) is 10.1. The zero-order valence-electron chi connectivity index (χ0n) is 17.0. The number of rotatable bonds is 8. The Morgan fingerprint density at radius 1 is 1.21 bits per heavy atom. The van der Waals surface area contributed by atoms with Crippen LogP contribution in [-0.2, 0) is 17.9 Å². The molecule has 3 rings (SSSR count). The van der Waals surface area contributed by atoms with Crippen LogP contribution in [0.3, 0.4) is 0 Å². The normalized spacial score (nSPS) is 10.7. The first-order valence-electron chi connectivity index (χ1n) is 9.37. The SMILES string of the molecule is C=CCn1c(SCC(=O)N(C)Cc2ccc(C)cc2C)nnc1-c1ccncc1. The first-order chi connectivity index (χ1) is 14.0. The summed E-state index contributed by atoms with van der Waals surface area (Å²) in [5.41, 5.74) is 4.51. The van der Waals surface area contributed by atoms with Gasteiger partial charge in [0.25, 0.3) is 0 Å². The van der Waals surface area contributed by atoms with Gasteiger partial charge in [-0.05, 0) is 37.1 Å². The quantitative estimate of drug-likeness (QED) is 0.419. The first kappa shape index (κ1) is 20.8. The minimum Gasteiger partial charge on any atom is -0.341 e. The van der Waals surface area contributed by atoms with E-state index in [1.54, 1.807) is 23.4 Å². The van der Waals surface area contributed by atoms with E-state index >= 15 is 0 Å². The molecule has 0 aliphatic rings. The third kappa shape index (κ3) is 5.12. The topological polar surface area (TPSA) is 63.9 Å². The molecule has 0 radical (unpaired) electrons. The number of hydrogen-bond acceptors (Lipinski definition) is 5. The molecule has 6 nitrogen and oxygen atoms in total. The van der Waals surface area contributed by atoms with Crippen molar-refractivity contribution in [2.75, 3.05) is 12.8 Å². The summed E-state index contributed by atoms with van der Waals surface area (Å²) in [6.45, 7) is 9.13. The predicted octanol–water partition coefficient (Wildman–Crippen LogP) is 3.89. The van der Waals surface area contributed by atoms with E-state index in [9.17, 15) is 4.79 Å². The van der Waals surface area contributed by atoms with Crippen LogP contribution in [0.2, 0.25) is 0 Å². The molecule has 0 N–H and O–H groups in total. The number of benzene rings is 1. The second-order valence-corrected chi connectivity index (χ2v) is 7.85.